The van der Waals surface area contributed by atoms with Crippen molar-refractivity contribution in [1.82, 2.24) is 5.32 Å². The first-order valence-corrected chi connectivity index (χ1v) is 9.49. The Morgan fingerprint density at radius 1 is 1.00 bits per heavy atom. The molecule has 150 valence electrons. The number of amides is 2. The highest BCUT2D eigenvalue weighted by Crippen LogP contribution is 2.25. The Bertz CT molecular complexity index is 790. The topological polar surface area (TPSA) is 58.6 Å². The number of hydrogen-bond acceptors (Lipinski definition) is 3. The number of ether oxygens (including phenoxy) is 1. The van der Waals surface area contributed by atoms with Crippen molar-refractivity contribution in [2.75, 3.05) is 25.1 Å². The molecule has 0 atom stereocenters. The fourth-order valence-electron chi connectivity index (χ4n) is 2.86. The summed E-state index contributed by atoms with van der Waals surface area (Å²) in [6.45, 7) is 8.41. The van der Waals surface area contributed by atoms with E-state index in [1.165, 1.54) is 17.4 Å². The van der Waals surface area contributed by atoms with Gasteiger partial charge in [-0.05, 0) is 47.2 Å². The molecule has 0 aromatic heterocycles. The van der Waals surface area contributed by atoms with Crippen LogP contribution in [0.1, 0.15) is 38.8 Å². The lowest BCUT2D eigenvalue weighted by atomic mass is 9.87. The molecule has 0 bridgehead atoms. The number of rotatable bonds is 7. The molecule has 0 fully saturated rings. The van der Waals surface area contributed by atoms with Crippen LogP contribution in [0.2, 0.25) is 0 Å². The van der Waals surface area contributed by atoms with Gasteiger partial charge in [0.05, 0.1) is 7.11 Å². The van der Waals surface area contributed by atoms with E-state index < -0.39 is 0 Å². The summed E-state index contributed by atoms with van der Waals surface area (Å²) in [6, 6.07) is 15.6. The summed E-state index contributed by atoms with van der Waals surface area (Å²) < 4.78 is 5.14. The number of benzene rings is 2. The molecular formula is C23H30N2O3. The monoisotopic (exact) mass is 382 g/mol. The van der Waals surface area contributed by atoms with Gasteiger partial charge >= 0.3 is 0 Å². The van der Waals surface area contributed by atoms with Crippen LogP contribution in [0.3, 0.4) is 0 Å². The van der Waals surface area contributed by atoms with E-state index in [1.807, 2.05) is 48.5 Å². The van der Waals surface area contributed by atoms with E-state index in [9.17, 15) is 9.59 Å². The van der Waals surface area contributed by atoms with Gasteiger partial charge in [-0.15, -0.1) is 0 Å². The summed E-state index contributed by atoms with van der Waals surface area (Å²) in [4.78, 5) is 25.9. The molecule has 0 unspecified atom stereocenters. The van der Waals surface area contributed by atoms with Gasteiger partial charge in [0.2, 0.25) is 11.8 Å². The number of hydrogen-bond donors (Lipinski definition) is 1. The maximum Gasteiger partial charge on any atom is 0.240 e. The van der Waals surface area contributed by atoms with Crippen LogP contribution in [0.5, 0.6) is 5.75 Å². The molecule has 0 aliphatic rings. The fourth-order valence-corrected chi connectivity index (χ4v) is 2.86. The first-order chi connectivity index (χ1) is 13.2. The summed E-state index contributed by atoms with van der Waals surface area (Å²) in [5.41, 5.74) is 3.06. The van der Waals surface area contributed by atoms with Gasteiger partial charge in [-0.3, -0.25) is 9.59 Å². The van der Waals surface area contributed by atoms with Crippen LogP contribution in [0.15, 0.2) is 48.5 Å². The molecular weight excluding hydrogens is 352 g/mol. The SMILES string of the molecule is COc1ccc(CCNC(=O)CN(C(C)=O)c2ccc(C(C)(C)C)cc2)cc1. The predicted molar refractivity (Wildman–Crippen MR) is 113 cm³/mol. The average Bonchev–Trinajstić information content (AvgIpc) is 2.66. The third-order valence-electron chi connectivity index (χ3n) is 4.62. The summed E-state index contributed by atoms with van der Waals surface area (Å²) in [5.74, 6) is 0.472. The van der Waals surface area contributed by atoms with Crippen LogP contribution in [-0.4, -0.2) is 32.0 Å². The third kappa shape index (κ3) is 6.12. The number of carbonyl (C=O) groups is 2. The molecule has 0 spiro atoms. The molecule has 5 heteroatoms. The standard InChI is InChI=1S/C23H30N2O3/c1-17(26)25(20-10-8-19(9-11-20)23(2,3)4)16-22(27)24-15-14-18-6-12-21(28-5)13-7-18/h6-13H,14-16H2,1-5H3,(H,24,27). The Labute approximate surface area is 167 Å². The van der Waals surface area contributed by atoms with E-state index in [0.29, 0.717) is 6.54 Å². The van der Waals surface area contributed by atoms with Crippen molar-refractivity contribution >= 4 is 17.5 Å². The summed E-state index contributed by atoms with van der Waals surface area (Å²) in [5, 5.41) is 2.89. The van der Waals surface area contributed by atoms with Gasteiger partial charge in [-0.2, -0.15) is 0 Å². The Balaban J connectivity index is 1.92. The van der Waals surface area contributed by atoms with E-state index in [-0.39, 0.29) is 23.8 Å². The minimum absolute atomic E-state index is 0.00676. The highest BCUT2D eigenvalue weighted by Gasteiger charge is 2.18. The van der Waals surface area contributed by atoms with Gasteiger partial charge in [-0.1, -0.05) is 45.0 Å². The fraction of sp³-hybridized carbons (Fsp3) is 0.391. The number of nitrogens with zero attached hydrogens (tertiary/aromatic N) is 1. The minimum Gasteiger partial charge on any atom is -0.497 e. The number of methoxy groups -OCH3 is 1. The maximum absolute atomic E-state index is 12.3. The number of anilines is 1. The van der Waals surface area contributed by atoms with E-state index in [0.717, 1.165) is 23.4 Å². The zero-order valence-electron chi connectivity index (χ0n) is 17.4. The first kappa shape index (κ1) is 21.5. The van der Waals surface area contributed by atoms with Crippen molar-refractivity contribution in [3.05, 3.63) is 59.7 Å². The zero-order valence-corrected chi connectivity index (χ0v) is 17.4. The second-order valence-electron chi connectivity index (χ2n) is 7.85. The maximum atomic E-state index is 12.3. The highest BCUT2D eigenvalue weighted by atomic mass is 16.5. The van der Waals surface area contributed by atoms with Gasteiger partial charge in [0.25, 0.3) is 0 Å². The molecule has 2 aromatic carbocycles. The zero-order chi connectivity index (χ0) is 20.7. The molecule has 1 N–H and O–H groups in total. The second kappa shape index (κ2) is 9.40. The predicted octanol–water partition coefficient (Wildman–Crippen LogP) is 3.70. The van der Waals surface area contributed by atoms with Crippen molar-refractivity contribution in [2.45, 2.75) is 39.5 Å². The van der Waals surface area contributed by atoms with Gasteiger partial charge in [0.15, 0.2) is 0 Å². The van der Waals surface area contributed by atoms with Gasteiger partial charge in [0, 0.05) is 19.2 Å². The molecule has 2 rings (SSSR count). The smallest absolute Gasteiger partial charge is 0.240 e. The minimum atomic E-state index is -0.177. The lowest BCUT2D eigenvalue weighted by Crippen LogP contribution is -2.40. The number of carbonyl (C=O) groups excluding carboxylic acids is 2. The third-order valence-corrected chi connectivity index (χ3v) is 4.62. The van der Waals surface area contributed by atoms with Gasteiger partial charge in [0.1, 0.15) is 12.3 Å². The lowest BCUT2D eigenvalue weighted by Gasteiger charge is -2.23. The largest absolute Gasteiger partial charge is 0.497 e. The molecule has 0 aliphatic heterocycles. The van der Waals surface area contributed by atoms with E-state index in [2.05, 4.69) is 26.1 Å². The number of nitrogens with one attached hydrogen (secondary N) is 1. The Morgan fingerprint density at radius 3 is 2.11 bits per heavy atom. The molecule has 28 heavy (non-hydrogen) atoms. The van der Waals surface area contributed by atoms with Crippen molar-refractivity contribution < 1.29 is 14.3 Å². The van der Waals surface area contributed by atoms with E-state index in [1.54, 1.807) is 7.11 Å². The van der Waals surface area contributed by atoms with Crippen LogP contribution >= 0.6 is 0 Å². The van der Waals surface area contributed by atoms with Crippen molar-refractivity contribution in [3.63, 3.8) is 0 Å². The lowest BCUT2D eigenvalue weighted by molar-refractivity contribution is -0.123. The molecule has 2 amide bonds. The first-order valence-electron chi connectivity index (χ1n) is 9.49. The van der Waals surface area contributed by atoms with Gasteiger partial charge in [-0.25, -0.2) is 0 Å². The molecule has 0 radical (unpaired) electrons. The van der Waals surface area contributed by atoms with Crippen LogP contribution in [0.4, 0.5) is 5.69 Å². The molecule has 2 aromatic rings. The van der Waals surface area contributed by atoms with Gasteiger partial charge < -0.3 is 15.0 Å². The quantitative estimate of drug-likeness (QED) is 0.794. The van der Waals surface area contributed by atoms with Crippen molar-refractivity contribution in [2.24, 2.45) is 0 Å². The second-order valence-corrected chi connectivity index (χ2v) is 7.85. The van der Waals surface area contributed by atoms with Crippen LogP contribution < -0.4 is 15.0 Å². The van der Waals surface area contributed by atoms with Crippen LogP contribution in [0.25, 0.3) is 0 Å². The molecule has 0 saturated carbocycles. The van der Waals surface area contributed by atoms with Crippen molar-refractivity contribution in [1.29, 1.82) is 0 Å². The summed E-state index contributed by atoms with van der Waals surface area (Å²) >= 11 is 0. The molecule has 5 nitrogen and oxygen atoms in total. The Hall–Kier alpha value is -2.82. The van der Waals surface area contributed by atoms with E-state index in [4.69, 9.17) is 4.74 Å². The molecule has 0 aliphatic carbocycles. The Kier molecular flexibility index (Phi) is 7.21. The summed E-state index contributed by atoms with van der Waals surface area (Å²) in [6.07, 6.45) is 0.718. The summed E-state index contributed by atoms with van der Waals surface area (Å²) in [7, 11) is 1.63. The Morgan fingerprint density at radius 2 is 1.61 bits per heavy atom. The normalized spacial score (nSPS) is 11.0. The van der Waals surface area contributed by atoms with E-state index >= 15 is 0 Å². The molecule has 0 saturated heterocycles. The highest BCUT2D eigenvalue weighted by molar-refractivity contribution is 5.97. The average molecular weight is 383 g/mol. The molecule has 0 heterocycles. The van der Waals surface area contributed by atoms with Crippen LogP contribution in [-0.2, 0) is 21.4 Å². The van der Waals surface area contributed by atoms with Crippen LogP contribution in [0, 0.1) is 0 Å². The van der Waals surface area contributed by atoms with Crippen molar-refractivity contribution in [3.8, 4) is 5.75 Å².